The molecule has 0 bridgehead atoms. The normalized spacial score (nSPS) is 20.5. The summed E-state index contributed by atoms with van der Waals surface area (Å²) < 4.78 is 6.32. The largest absolute Gasteiger partial charge is 0.471 e. The highest BCUT2D eigenvalue weighted by atomic mass is 16.5. The van der Waals surface area contributed by atoms with Gasteiger partial charge in [0.2, 0.25) is 11.5 Å². The Bertz CT molecular complexity index is 1270. The van der Waals surface area contributed by atoms with Crippen molar-refractivity contribution in [1.82, 2.24) is 15.1 Å². The molecule has 1 unspecified atom stereocenters. The van der Waals surface area contributed by atoms with Gasteiger partial charge in [-0.15, -0.1) is 0 Å². The number of carboxylic acid groups (broad SMARTS) is 1. The average Bonchev–Trinajstić information content (AvgIpc) is 2.95. The molecule has 0 aromatic heterocycles. The number of hydrogen-bond acceptors (Lipinski definition) is 5. The third-order valence-corrected chi connectivity index (χ3v) is 7.62. The summed E-state index contributed by atoms with van der Waals surface area (Å²) in [5.74, 6) is -0.203. The van der Waals surface area contributed by atoms with Crippen LogP contribution in [0, 0.1) is 0 Å². The third-order valence-electron chi connectivity index (χ3n) is 7.62. The van der Waals surface area contributed by atoms with Crippen LogP contribution in [0.4, 0.5) is 10.5 Å². The minimum absolute atomic E-state index is 0.119. The van der Waals surface area contributed by atoms with Crippen LogP contribution in [0.2, 0.25) is 0 Å². The first-order valence-electron chi connectivity index (χ1n) is 13.8. The zero-order chi connectivity index (χ0) is 29.0. The van der Waals surface area contributed by atoms with Crippen LogP contribution in [-0.4, -0.2) is 77.0 Å². The second-order valence-electron chi connectivity index (χ2n) is 10.7. The second kappa shape index (κ2) is 12.0. The van der Waals surface area contributed by atoms with Gasteiger partial charge in [-0.05, 0) is 51.8 Å². The number of benzene rings is 2. The predicted molar refractivity (Wildman–Crippen MR) is 150 cm³/mol. The lowest BCUT2D eigenvalue weighted by Gasteiger charge is -2.42. The maximum absolute atomic E-state index is 14.0. The van der Waals surface area contributed by atoms with Gasteiger partial charge in [-0.25, -0.2) is 4.79 Å². The van der Waals surface area contributed by atoms with Gasteiger partial charge < -0.3 is 29.9 Å². The Kier molecular flexibility index (Phi) is 8.66. The van der Waals surface area contributed by atoms with Crippen molar-refractivity contribution in [2.24, 2.45) is 0 Å². The summed E-state index contributed by atoms with van der Waals surface area (Å²) in [5.41, 5.74) is 0.234. The van der Waals surface area contributed by atoms with Gasteiger partial charge in [0.15, 0.2) is 0 Å². The molecule has 2 aliphatic rings. The molecule has 4 amide bonds. The van der Waals surface area contributed by atoms with E-state index in [0.717, 1.165) is 0 Å². The first-order chi connectivity index (χ1) is 19.1. The van der Waals surface area contributed by atoms with Crippen LogP contribution in [-0.2, 0) is 15.2 Å². The maximum atomic E-state index is 14.0. The molecule has 2 aromatic rings. The average molecular weight is 551 g/mol. The van der Waals surface area contributed by atoms with Crippen LogP contribution < -0.4 is 15.0 Å². The Morgan fingerprint density at radius 3 is 2.55 bits per heavy atom. The number of amides is 4. The SMILES string of the molecule is CCC(=O)NCCN1C(=O)C(C)(c2ccccc2)Oc2ccc(C(=O)N(C(C)C)[C@@H]3CCCN(C(=O)O)C3)cc21. The van der Waals surface area contributed by atoms with Crippen LogP contribution in [0.25, 0.3) is 0 Å². The zero-order valence-electron chi connectivity index (χ0n) is 23.6. The number of carbonyl (C=O) groups excluding carboxylic acids is 3. The fourth-order valence-electron chi connectivity index (χ4n) is 5.50. The highest BCUT2D eigenvalue weighted by Gasteiger charge is 2.46. The number of ether oxygens (including phenoxy) is 1. The number of nitrogens with one attached hydrogen (secondary N) is 1. The molecule has 0 saturated carbocycles. The maximum Gasteiger partial charge on any atom is 0.407 e. The number of fused-ring (bicyclic) bond motifs is 1. The lowest BCUT2D eigenvalue weighted by atomic mass is 9.91. The van der Waals surface area contributed by atoms with E-state index in [1.54, 1.807) is 41.8 Å². The number of hydrogen-bond donors (Lipinski definition) is 2. The van der Waals surface area contributed by atoms with E-state index in [4.69, 9.17) is 4.74 Å². The summed E-state index contributed by atoms with van der Waals surface area (Å²) in [6, 6.07) is 13.9. The van der Waals surface area contributed by atoms with Gasteiger partial charge in [-0.3, -0.25) is 14.4 Å². The van der Waals surface area contributed by atoms with Crippen molar-refractivity contribution in [1.29, 1.82) is 0 Å². The lowest BCUT2D eigenvalue weighted by molar-refractivity contribution is -0.135. The van der Waals surface area contributed by atoms with Gasteiger partial charge in [-0.1, -0.05) is 37.3 Å². The first-order valence-corrected chi connectivity index (χ1v) is 13.8. The van der Waals surface area contributed by atoms with E-state index in [-0.39, 0.29) is 49.4 Å². The number of anilines is 1. The van der Waals surface area contributed by atoms with Gasteiger partial charge in [-0.2, -0.15) is 0 Å². The van der Waals surface area contributed by atoms with E-state index in [2.05, 4.69) is 5.32 Å². The Balaban J connectivity index is 1.69. The Labute approximate surface area is 234 Å². The van der Waals surface area contributed by atoms with Crippen LogP contribution in [0.1, 0.15) is 62.9 Å². The molecule has 2 atom stereocenters. The fourth-order valence-corrected chi connectivity index (χ4v) is 5.50. The highest BCUT2D eigenvalue weighted by Crippen LogP contribution is 2.42. The van der Waals surface area contributed by atoms with Crippen molar-refractivity contribution in [2.45, 2.75) is 64.6 Å². The van der Waals surface area contributed by atoms with Crippen molar-refractivity contribution in [3.8, 4) is 5.75 Å². The third kappa shape index (κ3) is 5.76. The summed E-state index contributed by atoms with van der Waals surface area (Å²) in [7, 11) is 0. The Morgan fingerprint density at radius 2 is 1.90 bits per heavy atom. The molecular weight excluding hydrogens is 512 g/mol. The Morgan fingerprint density at radius 1 is 1.18 bits per heavy atom. The molecule has 4 rings (SSSR count). The summed E-state index contributed by atoms with van der Waals surface area (Å²) in [6.45, 7) is 8.46. The number of carbonyl (C=O) groups is 4. The molecule has 40 heavy (non-hydrogen) atoms. The molecular formula is C30H38N4O6. The van der Waals surface area contributed by atoms with Gasteiger partial charge in [0.1, 0.15) is 5.75 Å². The van der Waals surface area contributed by atoms with Gasteiger partial charge in [0.25, 0.3) is 11.8 Å². The molecule has 1 saturated heterocycles. The zero-order valence-corrected chi connectivity index (χ0v) is 23.6. The van der Waals surface area contributed by atoms with E-state index >= 15 is 0 Å². The van der Waals surface area contributed by atoms with E-state index in [1.165, 1.54) is 4.90 Å². The van der Waals surface area contributed by atoms with Crippen molar-refractivity contribution in [3.05, 3.63) is 59.7 Å². The fraction of sp³-hybridized carbons (Fsp3) is 0.467. The lowest BCUT2D eigenvalue weighted by Crippen LogP contribution is -2.54. The molecule has 2 N–H and O–H groups in total. The molecule has 2 heterocycles. The van der Waals surface area contributed by atoms with Crippen LogP contribution in [0.5, 0.6) is 5.75 Å². The molecule has 1 fully saturated rings. The summed E-state index contributed by atoms with van der Waals surface area (Å²) >= 11 is 0. The number of piperidine rings is 1. The number of likely N-dealkylation sites (tertiary alicyclic amines) is 1. The van der Waals surface area contributed by atoms with Crippen LogP contribution >= 0.6 is 0 Å². The quantitative estimate of drug-likeness (QED) is 0.515. The molecule has 0 aliphatic carbocycles. The topological polar surface area (TPSA) is 119 Å². The molecule has 214 valence electrons. The number of nitrogens with zero attached hydrogens (tertiary/aromatic N) is 3. The minimum Gasteiger partial charge on any atom is -0.471 e. The van der Waals surface area contributed by atoms with Gasteiger partial charge in [0, 0.05) is 49.8 Å². The van der Waals surface area contributed by atoms with E-state index < -0.39 is 11.7 Å². The predicted octanol–water partition coefficient (Wildman–Crippen LogP) is 3.85. The minimum atomic E-state index is -1.29. The second-order valence-corrected chi connectivity index (χ2v) is 10.7. The summed E-state index contributed by atoms with van der Waals surface area (Å²) in [6.07, 6.45) is 0.728. The van der Waals surface area contributed by atoms with Crippen molar-refractivity contribution in [3.63, 3.8) is 0 Å². The van der Waals surface area contributed by atoms with E-state index in [9.17, 15) is 24.3 Å². The van der Waals surface area contributed by atoms with Crippen molar-refractivity contribution in [2.75, 3.05) is 31.1 Å². The number of rotatable bonds is 8. The first kappa shape index (κ1) is 28.9. The highest BCUT2D eigenvalue weighted by molar-refractivity contribution is 6.05. The van der Waals surface area contributed by atoms with Crippen LogP contribution in [0.3, 0.4) is 0 Å². The molecule has 2 aliphatic heterocycles. The monoisotopic (exact) mass is 550 g/mol. The molecule has 10 heteroatoms. The van der Waals surface area contributed by atoms with Gasteiger partial charge >= 0.3 is 6.09 Å². The van der Waals surface area contributed by atoms with Crippen molar-refractivity contribution < 1.29 is 29.0 Å². The summed E-state index contributed by atoms with van der Waals surface area (Å²) in [4.78, 5) is 56.0. The molecule has 0 spiro atoms. The van der Waals surface area contributed by atoms with Crippen molar-refractivity contribution >= 4 is 29.5 Å². The summed E-state index contributed by atoms with van der Waals surface area (Å²) in [5, 5.41) is 12.3. The van der Waals surface area contributed by atoms with Gasteiger partial charge in [0.05, 0.1) is 11.7 Å². The molecule has 0 radical (unpaired) electrons. The van der Waals surface area contributed by atoms with E-state index in [1.807, 2.05) is 44.2 Å². The van der Waals surface area contributed by atoms with E-state index in [0.29, 0.717) is 48.4 Å². The Hall–Kier alpha value is -4.08. The molecule has 10 nitrogen and oxygen atoms in total. The van der Waals surface area contributed by atoms with Crippen LogP contribution in [0.15, 0.2) is 48.5 Å². The molecule has 2 aromatic carbocycles. The standard InChI is InChI=1S/C30H38N4O6/c1-5-26(35)31-15-17-33-24-18-21(27(36)34(20(2)3)23-12-9-16-32(19-23)29(38)39)13-14-25(24)40-30(4,28(33)37)22-10-7-6-8-11-22/h6-8,10-11,13-14,18,20,23H,5,9,12,15-17,19H2,1-4H3,(H,31,35)(H,38,39)/t23-,30?/m1/s1. The smallest absolute Gasteiger partial charge is 0.407 e.